The Bertz CT molecular complexity index is 773. The lowest BCUT2D eigenvalue weighted by Gasteiger charge is -2.41. The molecule has 1 aromatic rings. The summed E-state index contributed by atoms with van der Waals surface area (Å²) in [5, 5.41) is 15.1. The number of nitrogens with one attached hydrogen (secondary N) is 1. The maximum Gasteiger partial charge on any atom is 0.330 e. The summed E-state index contributed by atoms with van der Waals surface area (Å²) in [6.45, 7) is 8.97. The molecule has 0 saturated carbocycles. The maximum atomic E-state index is 12.3. The molecule has 1 N–H and O–H groups in total. The first-order valence-electron chi connectivity index (χ1n) is 9.59. The minimum absolute atomic E-state index is 0.185. The molecule has 0 radical (unpaired) electrons. The van der Waals surface area contributed by atoms with Crippen molar-refractivity contribution in [3.05, 3.63) is 11.3 Å². The first-order valence-corrected chi connectivity index (χ1v) is 10.8. The van der Waals surface area contributed by atoms with Crippen molar-refractivity contribution in [3.8, 4) is 6.07 Å². The van der Waals surface area contributed by atoms with Crippen molar-refractivity contribution in [3.63, 3.8) is 0 Å². The highest BCUT2D eigenvalue weighted by Gasteiger charge is 2.35. The van der Waals surface area contributed by atoms with Crippen LogP contribution < -0.4 is 10.2 Å². The van der Waals surface area contributed by atoms with Gasteiger partial charge in [0.15, 0.2) is 5.16 Å². The van der Waals surface area contributed by atoms with Crippen molar-refractivity contribution in [2.24, 2.45) is 5.41 Å². The molecular weight excluding hydrogens is 376 g/mol. The predicted octanol–water partition coefficient (Wildman–Crippen LogP) is 1.75. The highest BCUT2D eigenvalue weighted by atomic mass is 32.2. The molecule has 1 unspecified atom stereocenters. The predicted molar refractivity (Wildman–Crippen MR) is 108 cm³/mol. The summed E-state index contributed by atoms with van der Waals surface area (Å²) in [4.78, 5) is 29.6. The molecule has 1 aromatic heterocycles. The Morgan fingerprint density at radius 2 is 2.18 bits per heavy atom. The molecule has 1 fully saturated rings. The Hall–Kier alpha value is -1.89. The van der Waals surface area contributed by atoms with Crippen LogP contribution in [0.1, 0.15) is 38.4 Å². The molecule has 3 heterocycles. The fraction of sp³-hybridized carbons (Fsp3) is 0.684. The number of nitrogens with zero attached hydrogens (tertiary/aromatic N) is 5. The van der Waals surface area contributed by atoms with Gasteiger partial charge >= 0.3 is 5.97 Å². The van der Waals surface area contributed by atoms with Crippen LogP contribution in [0.2, 0.25) is 0 Å². The van der Waals surface area contributed by atoms with Gasteiger partial charge in [-0.1, -0.05) is 11.8 Å². The summed E-state index contributed by atoms with van der Waals surface area (Å²) in [6.07, 6.45) is 3.16. The van der Waals surface area contributed by atoms with Crippen LogP contribution in [0.25, 0.3) is 0 Å². The summed E-state index contributed by atoms with van der Waals surface area (Å²) < 4.78 is 0. The minimum atomic E-state index is -0.583. The second-order valence-electron chi connectivity index (χ2n) is 8.12. The zero-order chi connectivity index (χ0) is 20.3. The molecule has 2 aliphatic rings. The zero-order valence-electron chi connectivity index (χ0n) is 17.0. The molecule has 152 valence electrons. The van der Waals surface area contributed by atoms with E-state index < -0.39 is 5.41 Å². The molecule has 8 nitrogen and oxygen atoms in total. The fourth-order valence-corrected chi connectivity index (χ4v) is 3.72. The number of hydrogen-bond acceptors (Lipinski definition) is 9. The largest absolute Gasteiger partial charge is 0.367 e. The molecule has 0 spiro atoms. The SMILES string of the molecule is CSc1nc2c(c(N3CCN(OC(=O)C(C)(C)C)C(CC#N)C3)n1)CCNC2. The van der Waals surface area contributed by atoms with E-state index in [0.717, 1.165) is 36.2 Å². The van der Waals surface area contributed by atoms with Gasteiger partial charge in [0, 0.05) is 25.2 Å². The number of anilines is 1. The Labute approximate surface area is 170 Å². The van der Waals surface area contributed by atoms with E-state index in [1.807, 2.05) is 27.0 Å². The number of rotatable bonds is 4. The van der Waals surface area contributed by atoms with E-state index in [0.29, 0.717) is 19.6 Å². The van der Waals surface area contributed by atoms with E-state index in [2.05, 4.69) is 21.3 Å². The molecule has 9 heteroatoms. The van der Waals surface area contributed by atoms with Gasteiger partial charge in [0.1, 0.15) is 5.82 Å². The van der Waals surface area contributed by atoms with Gasteiger partial charge in [0.25, 0.3) is 0 Å². The van der Waals surface area contributed by atoms with Gasteiger partial charge < -0.3 is 15.1 Å². The lowest BCUT2D eigenvalue weighted by molar-refractivity contribution is -0.212. The van der Waals surface area contributed by atoms with E-state index in [1.54, 1.807) is 5.06 Å². The Morgan fingerprint density at radius 3 is 2.86 bits per heavy atom. The topological polar surface area (TPSA) is 94.4 Å². The van der Waals surface area contributed by atoms with Crippen molar-refractivity contribution >= 4 is 23.5 Å². The number of nitriles is 1. The van der Waals surface area contributed by atoms with Crippen molar-refractivity contribution in [1.29, 1.82) is 5.26 Å². The van der Waals surface area contributed by atoms with Gasteiger partial charge in [-0.25, -0.2) is 14.8 Å². The van der Waals surface area contributed by atoms with E-state index in [9.17, 15) is 10.1 Å². The molecule has 0 amide bonds. The Kier molecular flexibility index (Phi) is 6.43. The van der Waals surface area contributed by atoms with Crippen LogP contribution in [0.15, 0.2) is 5.16 Å². The summed E-state index contributed by atoms with van der Waals surface area (Å²) in [5.41, 5.74) is 1.66. The Balaban J connectivity index is 1.82. The molecular formula is C19H28N6O2S. The van der Waals surface area contributed by atoms with E-state index in [4.69, 9.17) is 9.82 Å². The number of aromatic nitrogens is 2. The summed E-state index contributed by atoms with van der Waals surface area (Å²) in [7, 11) is 0. The van der Waals surface area contributed by atoms with E-state index in [1.165, 1.54) is 17.3 Å². The minimum Gasteiger partial charge on any atom is -0.367 e. The van der Waals surface area contributed by atoms with Gasteiger partial charge in [-0.15, -0.1) is 5.06 Å². The third-order valence-corrected chi connectivity index (χ3v) is 5.49. The lowest BCUT2D eigenvalue weighted by Crippen LogP contribution is -2.54. The molecule has 28 heavy (non-hydrogen) atoms. The molecule has 1 atom stereocenters. The number of piperazine rings is 1. The van der Waals surface area contributed by atoms with Crippen LogP contribution in [0, 0.1) is 16.7 Å². The number of thioether (sulfide) groups is 1. The van der Waals surface area contributed by atoms with Crippen LogP contribution in [0.4, 0.5) is 5.82 Å². The smallest absolute Gasteiger partial charge is 0.330 e. The van der Waals surface area contributed by atoms with Crippen molar-refractivity contribution in [2.75, 3.05) is 37.3 Å². The number of carbonyl (C=O) groups is 1. The number of hydrogen-bond donors (Lipinski definition) is 1. The monoisotopic (exact) mass is 404 g/mol. The number of carbonyl (C=O) groups excluding carboxylic acids is 1. The van der Waals surface area contributed by atoms with Crippen LogP contribution in [-0.4, -0.2) is 59.5 Å². The second kappa shape index (κ2) is 8.64. The molecule has 3 rings (SSSR count). The zero-order valence-corrected chi connectivity index (χ0v) is 17.8. The van der Waals surface area contributed by atoms with Crippen LogP contribution in [-0.2, 0) is 22.6 Å². The molecule has 0 aliphatic carbocycles. The van der Waals surface area contributed by atoms with Crippen LogP contribution >= 0.6 is 11.8 Å². The van der Waals surface area contributed by atoms with Gasteiger partial charge in [-0.2, -0.15) is 5.26 Å². The molecule has 1 saturated heterocycles. The van der Waals surface area contributed by atoms with Crippen LogP contribution in [0.3, 0.4) is 0 Å². The third-order valence-electron chi connectivity index (χ3n) is 4.94. The van der Waals surface area contributed by atoms with Gasteiger partial charge in [-0.05, 0) is 40.0 Å². The normalized spacial score (nSPS) is 20.4. The van der Waals surface area contributed by atoms with Crippen LogP contribution in [0.5, 0.6) is 0 Å². The first kappa shape index (κ1) is 20.8. The summed E-state index contributed by atoms with van der Waals surface area (Å²) in [5.74, 6) is 0.680. The average Bonchev–Trinajstić information content (AvgIpc) is 2.67. The van der Waals surface area contributed by atoms with Crippen molar-refractivity contribution < 1.29 is 9.63 Å². The second-order valence-corrected chi connectivity index (χ2v) is 8.89. The fourth-order valence-electron chi connectivity index (χ4n) is 3.34. The highest BCUT2D eigenvalue weighted by molar-refractivity contribution is 7.98. The number of fused-ring (bicyclic) bond motifs is 1. The quantitative estimate of drug-likeness (QED) is 0.595. The van der Waals surface area contributed by atoms with Gasteiger partial charge in [-0.3, -0.25) is 0 Å². The average molecular weight is 405 g/mol. The Morgan fingerprint density at radius 1 is 1.39 bits per heavy atom. The van der Waals surface area contributed by atoms with Gasteiger partial charge in [0.2, 0.25) is 0 Å². The molecule has 2 aliphatic heterocycles. The molecule has 0 bridgehead atoms. The van der Waals surface area contributed by atoms with E-state index >= 15 is 0 Å². The van der Waals surface area contributed by atoms with Crippen molar-refractivity contribution in [1.82, 2.24) is 20.3 Å². The highest BCUT2D eigenvalue weighted by Crippen LogP contribution is 2.29. The molecule has 0 aromatic carbocycles. The van der Waals surface area contributed by atoms with E-state index in [-0.39, 0.29) is 18.4 Å². The standard InChI is InChI=1S/C19H28N6O2S/c1-19(2,3)17(26)27-25-10-9-24(12-13(25)5-7-20)16-14-6-8-21-11-15(14)22-18(23-16)28-4/h13,21H,5-6,8-12H2,1-4H3. The lowest BCUT2D eigenvalue weighted by atomic mass is 9.98. The first-order chi connectivity index (χ1) is 13.3. The van der Waals surface area contributed by atoms with Crippen molar-refractivity contribution in [2.45, 2.75) is 51.4 Å². The number of hydroxylamine groups is 2. The third kappa shape index (κ3) is 4.57. The summed E-state index contributed by atoms with van der Waals surface area (Å²) >= 11 is 1.53. The van der Waals surface area contributed by atoms with Gasteiger partial charge in [0.05, 0.1) is 36.2 Å². The summed E-state index contributed by atoms with van der Waals surface area (Å²) in [6, 6.07) is 2.04. The maximum absolute atomic E-state index is 12.3.